The predicted molar refractivity (Wildman–Crippen MR) is 99.0 cm³/mol. The standard InChI is InChI=1S/C20H19N3O4/c1-25-15-9-7-13(8-10-15)20-21-19(22-27-20)14-11-18(24)23(12-14)16-5-3-4-6-17(16)26-2/h3-10,14H,11-12H2,1-2H3. The number of ether oxygens (including phenoxy) is 2. The van der Waals surface area contributed by atoms with Gasteiger partial charge in [0.15, 0.2) is 5.82 Å². The van der Waals surface area contributed by atoms with Crippen molar-refractivity contribution in [2.24, 2.45) is 0 Å². The molecule has 0 radical (unpaired) electrons. The van der Waals surface area contributed by atoms with Gasteiger partial charge in [-0.3, -0.25) is 4.79 Å². The van der Waals surface area contributed by atoms with E-state index in [0.29, 0.717) is 30.4 Å². The van der Waals surface area contributed by atoms with Crippen molar-refractivity contribution in [3.05, 3.63) is 54.4 Å². The van der Waals surface area contributed by atoms with Crippen LogP contribution in [0.2, 0.25) is 0 Å². The molecule has 1 unspecified atom stereocenters. The summed E-state index contributed by atoms with van der Waals surface area (Å²) < 4.78 is 15.9. The molecule has 1 saturated heterocycles. The highest BCUT2D eigenvalue weighted by molar-refractivity contribution is 5.97. The Kier molecular flexibility index (Phi) is 4.50. The van der Waals surface area contributed by atoms with Crippen molar-refractivity contribution in [1.82, 2.24) is 10.1 Å². The number of carbonyl (C=O) groups is 1. The molecule has 1 atom stereocenters. The molecular weight excluding hydrogens is 346 g/mol. The Hall–Kier alpha value is -3.35. The fourth-order valence-electron chi connectivity index (χ4n) is 3.22. The lowest BCUT2D eigenvalue weighted by atomic mass is 10.1. The third kappa shape index (κ3) is 3.23. The summed E-state index contributed by atoms with van der Waals surface area (Å²) in [6.45, 7) is 0.487. The second-order valence-electron chi connectivity index (χ2n) is 6.26. The minimum Gasteiger partial charge on any atom is -0.497 e. The first-order valence-corrected chi connectivity index (χ1v) is 8.61. The van der Waals surface area contributed by atoms with Gasteiger partial charge in [-0.25, -0.2) is 0 Å². The van der Waals surface area contributed by atoms with Gasteiger partial charge in [-0.05, 0) is 36.4 Å². The molecule has 0 saturated carbocycles. The van der Waals surface area contributed by atoms with E-state index in [1.54, 1.807) is 19.1 Å². The first-order valence-electron chi connectivity index (χ1n) is 8.61. The second kappa shape index (κ2) is 7.11. The van der Waals surface area contributed by atoms with E-state index in [1.165, 1.54) is 0 Å². The molecule has 1 amide bonds. The van der Waals surface area contributed by atoms with Crippen molar-refractivity contribution in [3.63, 3.8) is 0 Å². The lowest BCUT2D eigenvalue weighted by Gasteiger charge is -2.18. The first kappa shape index (κ1) is 17.1. The molecule has 2 heterocycles. The molecule has 0 aliphatic carbocycles. The number of anilines is 1. The van der Waals surface area contributed by atoms with E-state index in [1.807, 2.05) is 48.5 Å². The molecule has 27 heavy (non-hydrogen) atoms. The normalized spacial score (nSPS) is 16.6. The maximum atomic E-state index is 12.5. The molecular formula is C20H19N3O4. The van der Waals surface area contributed by atoms with E-state index in [0.717, 1.165) is 17.0 Å². The van der Waals surface area contributed by atoms with Crippen molar-refractivity contribution in [2.45, 2.75) is 12.3 Å². The van der Waals surface area contributed by atoms with Crippen molar-refractivity contribution in [3.8, 4) is 23.0 Å². The monoisotopic (exact) mass is 365 g/mol. The number of para-hydroxylation sites is 2. The molecule has 7 nitrogen and oxygen atoms in total. The number of methoxy groups -OCH3 is 2. The molecule has 4 rings (SSSR count). The topological polar surface area (TPSA) is 77.7 Å². The number of hydrogen-bond acceptors (Lipinski definition) is 6. The molecule has 1 aliphatic rings. The Morgan fingerprint density at radius 1 is 1.07 bits per heavy atom. The van der Waals surface area contributed by atoms with Crippen molar-refractivity contribution in [1.29, 1.82) is 0 Å². The van der Waals surface area contributed by atoms with Crippen LogP contribution in [0.3, 0.4) is 0 Å². The van der Waals surface area contributed by atoms with Gasteiger partial charge < -0.3 is 18.9 Å². The lowest BCUT2D eigenvalue weighted by molar-refractivity contribution is -0.117. The van der Waals surface area contributed by atoms with E-state index in [-0.39, 0.29) is 11.8 Å². The van der Waals surface area contributed by atoms with Crippen LogP contribution in [0, 0.1) is 0 Å². The van der Waals surface area contributed by atoms with Gasteiger partial charge in [0.1, 0.15) is 11.5 Å². The minimum atomic E-state index is -0.127. The summed E-state index contributed by atoms with van der Waals surface area (Å²) in [6, 6.07) is 14.9. The summed E-state index contributed by atoms with van der Waals surface area (Å²) in [5.74, 6) is 2.27. The first-order chi connectivity index (χ1) is 13.2. The van der Waals surface area contributed by atoms with Gasteiger partial charge in [-0.15, -0.1) is 0 Å². The van der Waals surface area contributed by atoms with E-state index in [2.05, 4.69) is 10.1 Å². The molecule has 2 aromatic carbocycles. The number of nitrogens with zero attached hydrogens (tertiary/aromatic N) is 3. The Morgan fingerprint density at radius 3 is 2.59 bits per heavy atom. The van der Waals surface area contributed by atoms with E-state index < -0.39 is 0 Å². The van der Waals surface area contributed by atoms with Crippen LogP contribution in [-0.2, 0) is 4.79 Å². The molecule has 7 heteroatoms. The third-order valence-electron chi connectivity index (χ3n) is 4.64. The lowest BCUT2D eigenvalue weighted by Crippen LogP contribution is -2.24. The number of benzene rings is 2. The van der Waals surface area contributed by atoms with Crippen molar-refractivity contribution < 1.29 is 18.8 Å². The van der Waals surface area contributed by atoms with Gasteiger partial charge in [0.05, 0.1) is 19.9 Å². The van der Waals surface area contributed by atoms with Gasteiger partial charge in [0.25, 0.3) is 5.89 Å². The fraction of sp³-hybridized carbons (Fsp3) is 0.250. The summed E-state index contributed by atoms with van der Waals surface area (Å²) >= 11 is 0. The zero-order valence-corrected chi connectivity index (χ0v) is 15.1. The average molecular weight is 365 g/mol. The molecule has 3 aromatic rings. The Morgan fingerprint density at radius 2 is 1.85 bits per heavy atom. The number of amides is 1. The van der Waals surface area contributed by atoms with Crippen LogP contribution in [0.1, 0.15) is 18.2 Å². The SMILES string of the molecule is COc1ccc(-c2nc(C3CC(=O)N(c4ccccc4OC)C3)no2)cc1. The van der Waals surface area contributed by atoms with Crippen LogP contribution in [0.25, 0.3) is 11.5 Å². The summed E-state index contributed by atoms with van der Waals surface area (Å²) in [5, 5.41) is 4.09. The average Bonchev–Trinajstić information content (AvgIpc) is 3.35. The predicted octanol–water partition coefficient (Wildman–Crippen LogP) is 3.27. The smallest absolute Gasteiger partial charge is 0.257 e. The number of hydrogen-bond donors (Lipinski definition) is 0. The van der Waals surface area contributed by atoms with Gasteiger partial charge in [-0.2, -0.15) is 4.98 Å². The quantitative estimate of drug-likeness (QED) is 0.691. The van der Waals surface area contributed by atoms with Gasteiger partial charge in [-0.1, -0.05) is 17.3 Å². The summed E-state index contributed by atoms with van der Waals surface area (Å²) in [6.07, 6.45) is 0.333. The Balaban J connectivity index is 1.55. The van der Waals surface area contributed by atoms with Crippen molar-refractivity contribution >= 4 is 11.6 Å². The fourth-order valence-corrected chi connectivity index (χ4v) is 3.22. The van der Waals surface area contributed by atoms with Crippen LogP contribution in [0.5, 0.6) is 11.5 Å². The van der Waals surface area contributed by atoms with Crippen LogP contribution in [0.4, 0.5) is 5.69 Å². The molecule has 1 fully saturated rings. The molecule has 0 bridgehead atoms. The molecule has 138 valence electrons. The van der Waals surface area contributed by atoms with E-state index in [4.69, 9.17) is 14.0 Å². The van der Waals surface area contributed by atoms with Gasteiger partial charge >= 0.3 is 0 Å². The number of carbonyl (C=O) groups excluding carboxylic acids is 1. The molecule has 0 N–H and O–H groups in total. The zero-order chi connectivity index (χ0) is 18.8. The zero-order valence-electron chi connectivity index (χ0n) is 15.1. The highest BCUT2D eigenvalue weighted by Crippen LogP contribution is 2.36. The molecule has 1 aliphatic heterocycles. The maximum Gasteiger partial charge on any atom is 0.257 e. The summed E-state index contributed by atoms with van der Waals surface area (Å²) in [4.78, 5) is 18.8. The summed E-state index contributed by atoms with van der Waals surface area (Å²) in [5.41, 5.74) is 1.56. The minimum absolute atomic E-state index is 0.0142. The van der Waals surface area contributed by atoms with E-state index >= 15 is 0 Å². The number of rotatable bonds is 5. The highest BCUT2D eigenvalue weighted by atomic mass is 16.5. The maximum absolute atomic E-state index is 12.5. The largest absolute Gasteiger partial charge is 0.497 e. The van der Waals surface area contributed by atoms with Gasteiger partial charge in [0, 0.05) is 24.4 Å². The molecule has 1 aromatic heterocycles. The summed E-state index contributed by atoms with van der Waals surface area (Å²) in [7, 11) is 3.21. The Labute approximate surface area is 156 Å². The van der Waals surface area contributed by atoms with Crippen molar-refractivity contribution in [2.75, 3.05) is 25.7 Å². The highest BCUT2D eigenvalue weighted by Gasteiger charge is 2.35. The van der Waals surface area contributed by atoms with Crippen LogP contribution in [-0.4, -0.2) is 36.8 Å². The molecule has 0 spiro atoms. The van der Waals surface area contributed by atoms with Crippen LogP contribution in [0.15, 0.2) is 53.1 Å². The second-order valence-corrected chi connectivity index (χ2v) is 6.26. The van der Waals surface area contributed by atoms with E-state index in [9.17, 15) is 4.79 Å². The van der Waals surface area contributed by atoms with Crippen LogP contribution < -0.4 is 14.4 Å². The Bertz CT molecular complexity index is 952. The van der Waals surface area contributed by atoms with Gasteiger partial charge in [0.2, 0.25) is 5.91 Å². The third-order valence-corrected chi connectivity index (χ3v) is 4.64. The van der Waals surface area contributed by atoms with Crippen LogP contribution >= 0.6 is 0 Å². The number of aromatic nitrogens is 2.